The summed E-state index contributed by atoms with van der Waals surface area (Å²) < 4.78 is 25.5. The van der Waals surface area contributed by atoms with Gasteiger partial charge in [0.05, 0.1) is 14.2 Å². The smallest absolute Gasteiger partial charge is 0.325 e. The standard InChI is InChI=1S/C20H19NO8/c1-25-14-5-13(6-15(8-14)26-2)20(24)21-9-19(23)27-10-16(22)12-3-4-17-18(7-12)29-11-28-17/h3-8H,9-11H2,1-2H3,(H,21,24). The number of fused-ring (bicyclic) bond motifs is 1. The van der Waals surface area contributed by atoms with Gasteiger partial charge in [0.1, 0.15) is 18.0 Å². The minimum Gasteiger partial charge on any atom is -0.497 e. The van der Waals surface area contributed by atoms with E-state index in [1.54, 1.807) is 18.2 Å². The van der Waals surface area contributed by atoms with E-state index in [-0.39, 0.29) is 12.4 Å². The number of ether oxygens (including phenoxy) is 5. The molecule has 0 unspecified atom stereocenters. The lowest BCUT2D eigenvalue weighted by molar-refractivity contribution is -0.141. The molecule has 0 aliphatic carbocycles. The molecule has 1 aliphatic rings. The van der Waals surface area contributed by atoms with Gasteiger partial charge in [0.25, 0.3) is 5.91 Å². The minimum atomic E-state index is -0.748. The van der Waals surface area contributed by atoms with E-state index in [4.69, 9.17) is 23.7 Å². The Kier molecular flexibility index (Phi) is 6.18. The van der Waals surface area contributed by atoms with Crippen LogP contribution in [0, 0.1) is 0 Å². The number of carbonyl (C=O) groups is 3. The summed E-state index contributed by atoms with van der Waals surface area (Å²) in [5, 5.41) is 2.43. The molecule has 2 aromatic carbocycles. The van der Waals surface area contributed by atoms with Crippen molar-refractivity contribution in [2.45, 2.75) is 0 Å². The first-order valence-corrected chi connectivity index (χ1v) is 8.60. The lowest BCUT2D eigenvalue weighted by Gasteiger charge is -2.09. The average molecular weight is 401 g/mol. The second kappa shape index (κ2) is 8.96. The molecule has 9 nitrogen and oxygen atoms in total. The van der Waals surface area contributed by atoms with Crippen molar-refractivity contribution >= 4 is 17.7 Å². The normalized spacial score (nSPS) is 11.5. The molecule has 0 saturated carbocycles. The molecule has 152 valence electrons. The molecular formula is C20H19NO8. The van der Waals surface area contributed by atoms with Crippen LogP contribution in [0.25, 0.3) is 0 Å². The van der Waals surface area contributed by atoms with Crippen LogP contribution in [0.4, 0.5) is 0 Å². The molecule has 1 aliphatic heterocycles. The molecular weight excluding hydrogens is 382 g/mol. The Bertz CT molecular complexity index is 918. The monoisotopic (exact) mass is 401 g/mol. The number of carbonyl (C=O) groups excluding carboxylic acids is 3. The molecule has 1 N–H and O–H groups in total. The molecule has 0 atom stereocenters. The zero-order valence-electron chi connectivity index (χ0n) is 15.9. The highest BCUT2D eigenvalue weighted by Crippen LogP contribution is 2.32. The summed E-state index contributed by atoms with van der Waals surface area (Å²) >= 11 is 0. The summed E-state index contributed by atoms with van der Waals surface area (Å²) in [6.07, 6.45) is 0. The Morgan fingerprint density at radius 3 is 2.31 bits per heavy atom. The van der Waals surface area contributed by atoms with Crippen molar-refractivity contribution in [2.75, 3.05) is 34.2 Å². The minimum absolute atomic E-state index is 0.0980. The first-order valence-electron chi connectivity index (χ1n) is 8.60. The molecule has 0 radical (unpaired) electrons. The van der Waals surface area contributed by atoms with Gasteiger partial charge in [0.15, 0.2) is 23.9 Å². The molecule has 0 saturated heterocycles. The van der Waals surface area contributed by atoms with Crippen LogP contribution in [0.15, 0.2) is 36.4 Å². The first kappa shape index (κ1) is 20.0. The fraction of sp³-hybridized carbons (Fsp3) is 0.250. The maximum Gasteiger partial charge on any atom is 0.325 e. The topological polar surface area (TPSA) is 109 Å². The maximum absolute atomic E-state index is 12.2. The molecule has 0 bridgehead atoms. The number of esters is 1. The van der Waals surface area contributed by atoms with Crippen LogP contribution in [0.1, 0.15) is 20.7 Å². The van der Waals surface area contributed by atoms with Gasteiger partial charge in [0, 0.05) is 17.2 Å². The number of rotatable bonds is 8. The Morgan fingerprint density at radius 2 is 1.62 bits per heavy atom. The second-order valence-corrected chi connectivity index (χ2v) is 5.94. The van der Waals surface area contributed by atoms with E-state index in [1.807, 2.05) is 0 Å². The van der Waals surface area contributed by atoms with Gasteiger partial charge in [-0.2, -0.15) is 0 Å². The molecule has 1 amide bonds. The summed E-state index contributed by atoms with van der Waals surface area (Å²) in [7, 11) is 2.93. The molecule has 2 aromatic rings. The number of ketones is 1. The van der Waals surface area contributed by atoms with Crippen LogP contribution < -0.4 is 24.3 Å². The Balaban J connectivity index is 1.49. The number of benzene rings is 2. The van der Waals surface area contributed by atoms with Gasteiger partial charge in [-0.3, -0.25) is 14.4 Å². The number of amides is 1. The number of methoxy groups -OCH3 is 2. The summed E-state index contributed by atoms with van der Waals surface area (Å²) in [5.74, 6) is 0.223. The Hall–Kier alpha value is -3.75. The van der Waals surface area contributed by atoms with Crippen LogP contribution >= 0.6 is 0 Å². The summed E-state index contributed by atoms with van der Waals surface area (Å²) in [6, 6.07) is 9.32. The highest BCUT2D eigenvalue weighted by atomic mass is 16.7. The Labute approximate surface area is 166 Å². The van der Waals surface area contributed by atoms with Crippen LogP contribution in [-0.2, 0) is 9.53 Å². The largest absolute Gasteiger partial charge is 0.497 e. The van der Waals surface area contributed by atoms with E-state index in [0.29, 0.717) is 28.6 Å². The summed E-state index contributed by atoms with van der Waals surface area (Å²) in [6.45, 7) is -0.755. The van der Waals surface area contributed by atoms with E-state index in [0.717, 1.165) is 0 Å². The van der Waals surface area contributed by atoms with Crippen LogP contribution in [0.3, 0.4) is 0 Å². The molecule has 0 aromatic heterocycles. The predicted molar refractivity (Wildman–Crippen MR) is 99.7 cm³/mol. The molecule has 29 heavy (non-hydrogen) atoms. The first-order chi connectivity index (χ1) is 14.0. The predicted octanol–water partition coefficient (Wildman–Crippen LogP) is 1.59. The van der Waals surface area contributed by atoms with Crippen molar-refractivity contribution in [3.63, 3.8) is 0 Å². The number of hydrogen-bond donors (Lipinski definition) is 1. The highest BCUT2D eigenvalue weighted by molar-refractivity contribution is 5.99. The molecule has 0 spiro atoms. The van der Waals surface area contributed by atoms with Crippen molar-refractivity contribution in [1.29, 1.82) is 0 Å². The zero-order valence-corrected chi connectivity index (χ0v) is 15.9. The number of Topliss-reactive ketones (excluding diaryl/α,β-unsaturated/α-hetero) is 1. The maximum atomic E-state index is 12.2. The van der Waals surface area contributed by atoms with Crippen molar-refractivity contribution in [2.24, 2.45) is 0 Å². The molecule has 1 heterocycles. The molecule has 3 rings (SSSR count). The van der Waals surface area contributed by atoms with Crippen molar-refractivity contribution in [3.05, 3.63) is 47.5 Å². The second-order valence-electron chi connectivity index (χ2n) is 5.94. The third-order valence-corrected chi connectivity index (χ3v) is 4.07. The lowest BCUT2D eigenvalue weighted by atomic mass is 10.1. The molecule has 9 heteroatoms. The van der Waals surface area contributed by atoms with Crippen LogP contribution in [-0.4, -0.2) is 51.8 Å². The Morgan fingerprint density at radius 1 is 0.931 bits per heavy atom. The van der Waals surface area contributed by atoms with Crippen molar-refractivity contribution in [3.8, 4) is 23.0 Å². The summed E-state index contributed by atoms with van der Waals surface area (Å²) in [5.41, 5.74) is 0.583. The van der Waals surface area contributed by atoms with Gasteiger partial charge in [-0.25, -0.2) is 0 Å². The van der Waals surface area contributed by atoms with Crippen LogP contribution in [0.5, 0.6) is 23.0 Å². The third-order valence-electron chi connectivity index (χ3n) is 4.07. The van der Waals surface area contributed by atoms with E-state index in [2.05, 4.69) is 5.32 Å². The van der Waals surface area contributed by atoms with Gasteiger partial charge < -0.3 is 29.0 Å². The van der Waals surface area contributed by atoms with Crippen LogP contribution in [0.2, 0.25) is 0 Å². The van der Waals surface area contributed by atoms with E-state index >= 15 is 0 Å². The van der Waals surface area contributed by atoms with E-state index < -0.39 is 30.8 Å². The lowest BCUT2D eigenvalue weighted by Crippen LogP contribution is -2.31. The number of hydrogen-bond acceptors (Lipinski definition) is 8. The van der Waals surface area contributed by atoms with Gasteiger partial charge in [0.2, 0.25) is 6.79 Å². The van der Waals surface area contributed by atoms with Gasteiger partial charge in [-0.15, -0.1) is 0 Å². The molecule has 0 fully saturated rings. The third kappa shape index (κ3) is 4.95. The van der Waals surface area contributed by atoms with Crippen molar-refractivity contribution in [1.82, 2.24) is 5.32 Å². The number of nitrogens with one attached hydrogen (secondary N) is 1. The van der Waals surface area contributed by atoms with Gasteiger partial charge in [-0.1, -0.05) is 0 Å². The quantitative estimate of drug-likeness (QED) is 0.525. The highest BCUT2D eigenvalue weighted by Gasteiger charge is 2.18. The van der Waals surface area contributed by atoms with Crippen molar-refractivity contribution < 1.29 is 38.1 Å². The van der Waals surface area contributed by atoms with E-state index in [1.165, 1.54) is 32.4 Å². The fourth-order valence-corrected chi connectivity index (χ4v) is 2.54. The van der Waals surface area contributed by atoms with Gasteiger partial charge >= 0.3 is 5.97 Å². The zero-order chi connectivity index (χ0) is 20.8. The summed E-state index contributed by atoms with van der Waals surface area (Å²) in [4.78, 5) is 36.3. The van der Waals surface area contributed by atoms with E-state index in [9.17, 15) is 14.4 Å². The average Bonchev–Trinajstić information content (AvgIpc) is 3.23. The SMILES string of the molecule is COc1cc(OC)cc(C(=O)NCC(=O)OCC(=O)c2ccc3c(c2)OCO3)c1. The van der Waals surface area contributed by atoms with Gasteiger partial charge in [-0.05, 0) is 30.3 Å². The fourth-order valence-electron chi connectivity index (χ4n) is 2.54.